The molecular weight excluding hydrogens is 710 g/mol. The molecule has 5 rings (SSSR count). The monoisotopic (exact) mass is 745 g/mol. The van der Waals surface area contributed by atoms with E-state index in [-0.39, 0.29) is 12.2 Å². The second-order valence-corrected chi connectivity index (χ2v) is 14.8. The van der Waals surface area contributed by atoms with E-state index in [9.17, 15) is 34.8 Å². The van der Waals surface area contributed by atoms with Crippen molar-refractivity contribution in [3.05, 3.63) is 96.4 Å². The molecule has 0 spiro atoms. The zero-order valence-electron chi connectivity index (χ0n) is 27.9. The van der Waals surface area contributed by atoms with Crippen molar-refractivity contribution in [1.82, 2.24) is 8.70 Å². The van der Waals surface area contributed by atoms with E-state index in [1.165, 1.54) is 18.2 Å². The molecule has 16 heteroatoms. The predicted molar refractivity (Wildman–Crippen MR) is 189 cm³/mol. The molecule has 0 saturated carbocycles. The van der Waals surface area contributed by atoms with Crippen LogP contribution < -0.4 is 24.3 Å². The van der Waals surface area contributed by atoms with Crippen LogP contribution in [0.2, 0.25) is 0 Å². The Morgan fingerprint density at radius 3 is 2.22 bits per heavy atom. The second kappa shape index (κ2) is 15.1. The van der Waals surface area contributed by atoms with Gasteiger partial charge in [-0.25, -0.2) is 26.2 Å². The van der Waals surface area contributed by atoms with E-state index in [0.29, 0.717) is 65.4 Å². The second-order valence-electron chi connectivity index (χ2n) is 11.2. The summed E-state index contributed by atoms with van der Waals surface area (Å²) in [5.41, 5.74) is -3.57. The molecule has 1 aliphatic carbocycles. The number of likely N-dealkylation sites (N-methyl/N-ethyl adjacent to an activating group) is 1. The van der Waals surface area contributed by atoms with Gasteiger partial charge in [0.15, 0.2) is 0 Å². The third kappa shape index (κ3) is 8.18. The SMILES string of the molecule is CCN(CCOC(=O)Nc1ccccc1)c1ccc2c(-c3ccccc3S(=O)(=O)NS(=O)(=O)C(F)(F)F)c3ccc(=[N+](CC)CC)cc-3oc2c1. The summed E-state index contributed by atoms with van der Waals surface area (Å²) in [5, 5.41) is 3.89. The summed E-state index contributed by atoms with van der Waals surface area (Å²) in [4.78, 5) is 13.6. The number of hydrogen-bond acceptors (Lipinski definition) is 8. The average Bonchev–Trinajstić information content (AvgIpc) is 3.09. The van der Waals surface area contributed by atoms with Crippen molar-refractivity contribution in [3.63, 3.8) is 0 Å². The van der Waals surface area contributed by atoms with Crippen LogP contribution in [-0.2, 0) is 24.8 Å². The highest BCUT2D eigenvalue weighted by molar-refractivity contribution is 8.05. The van der Waals surface area contributed by atoms with Gasteiger partial charge >= 0.3 is 21.6 Å². The van der Waals surface area contributed by atoms with E-state index in [2.05, 4.69) is 9.89 Å². The van der Waals surface area contributed by atoms with Crippen molar-refractivity contribution >= 4 is 48.5 Å². The van der Waals surface area contributed by atoms with Crippen LogP contribution in [0.3, 0.4) is 0 Å². The van der Waals surface area contributed by atoms with Gasteiger partial charge in [-0.15, -0.1) is 0 Å². The summed E-state index contributed by atoms with van der Waals surface area (Å²) in [5.74, 6) is 0.353. The van der Waals surface area contributed by atoms with E-state index >= 15 is 0 Å². The Morgan fingerprint density at radius 2 is 1.55 bits per heavy atom. The highest BCUT2D eigenvalue weighted by Crippen LogP contribution is 2.43. The fourth-order valence-corrected chi connectivity index (χ4v) is 8.29. The molecule has 0 saturated heterocycles. The van der Waals surface area contributed by atoms with E-state index in [1.807, 2.05) is 37.8 Å². The Hall–Kier alpha value is -4.93. The van der Waals surface area contributed by atoms with Gasteiger partial charge in [0.1, 0.15) is 31.0 Å². The fraction of sp³-hybridized carbons (Fsp3) is 0.257. The summed E-state index contributed by atoms with van der Waals surface area (Å²) in [6.45, 7) is 8.14. The largest absolute Gasteiger partial charge is 0.512 e. The van der Waals surface area contributed by atoms with Gasteiger partial charge in [-0.05, 0) is 57.2 Å². The molecule has 0 aromatic heterocycles. The Morgan fingerprint density at radius 1 is 0.863 bits per heavy atom. The number of hydrogen-bond donors (Lipinski definition) is 2. The molecule has 3 aromatic carbocycles. The van der Waals surface area contributed by atoms with Crippen LogP contribution in [0.15, 0.2) is 100 Å². The van der Waals surface area contributed by atoms with Crippen LogP contribution in [0.25, 0.3) is 33.4 Å². The lowest BCUT2D eigenvalue weighted by atomic mass is 9.93. The number of amides is 1. The quantitative estimate of drug-likeness (QED) is 0.114. The summed E-state index contributed by atoms with van der Waals surface area (Å²) < 4.78 is 105. The van der Waals surface area contributed by atoms with Gasteiger partial charge in [0, 0.05) is 52.1 Å². The van der Waals surface area contributed by atoms with E-state index < -0.39 is 36.5 Å². The highest BCUT2D eigenvalue weighted by Gasteiger charge is 2.48. The van der Waals surface area contributed by atoms with Crippen LogP contribution in [0.1, 0.15) is 20.8 Å². The number of nitrogens with zero attached hydrogens (tertiary/aromatic N) is 2. The number of benzene rings is 4. The lowest BCUT2D eigenvalue weighted by molar-refractivity contribution is -0.0441. The molecule has 11 nitrogen and oxygen atoms in total. The zero-order valence-corrected chi connectivity index (χ0v) is 29.5. The number of ether oxygens (including phenoxy) is 1. The smallest absolute Gasteiger partial charge is 0.456 e. The van der Waals surface area contributed by atoms with Crippen LogP contribution in [-0.4, -0.2) is 61.2 Å². The molecule has 270 valence electrons. The first kappa shape index (κ1) is 37.3. The first-order chi connectivity index (χ1) is 24.2. The Bertz CT molecular complexity index is 2310. The maximum Gasteiger partial charge on any atom is 0.512 e. The summed E-state index contributed by atoms with van der Waals surface area (Å²) in [6.07, 6.45) is -0.614. The zero-order chi connectivity index (χ0) is 37.0. The molecule has 1 heterocycles. The molecule has 1 amide bonds. The molecule has 0 unspecified atom stereocenters. The van der Waals surface area contributed by atoms with Crippen molar-refractivity contribution in [2.24, 2.45) is 0 Å². The summed E-state index contributed by atoms with van der Waals surface area (Å²) in [6, 6.07) is 24.6. The minimum atomic E-state index is -6.26. The minimum absolute atomic E-state index is 0.0401. The third-order valence-corrected chi connectivity index (χ3v) is 11.4. The van der Waals surface area contributed by atoms with Gasteiger partial charge in [-0.2, -0.15) is 13.2 Å². The van der Waals surface area contributed by atoms with E-state index in [4.69, 9.17) is 9.15 Å². The topological polar surface area (TPSA) is 138 Å². The number of rotatable bonds is 12. The van der Waals surface area contributed by atoms with Gasteiger partial charge in [0.25, 0.3) is 10.0 Å². The molecule has 2 N–H and O–H groups in total. The van der Waals surface area contributed by atoms with E-state index in [1.54, 1.807) is 54.6 Å². The first-order valence-electron chi connectivity index (χ1n) is 16.0. The number of fused-ring (bicyclic) bond motifs is 2. The van der Waals surface area contributed by atoms with Gasteiger partial charge in [0.2, 0.25) is 5.36 Å². The normalized spacial score (nSPS) is 12.2. The van der Waals surface area contributed by atoms with Gasteiger partial charge in [-0.3, -0.25) is 5.32 Å². The Balaban J connectivity index is 1.62. The Kier molecular flexibility index (Phi) is 11.1. The lowest BCUT2D eigenvalue weighted by Gasteiger charge is -2.24. The number of carbonyl (C=O) groups is 1. The van der Waals surface area contributed by atoms with Crippen LogP contribution in [0.5, 0.6) is 0 Å². The highest BCUT2D eigenvalue weighted by atomic mass is 32.3. The molecule has 1 aliphatic heterocycles. The molecular formula is C35H36F3N4O7S2+. The number of sulfonamides is 2. The molecule has 3 aromatic rings. The molecule has 0 fully saturated rings. The van der Waals surface area contributed by atoms with Crippen LogP contribution >= 0.6 is 0 Å². The van der Waals surface area contributed by atoms with Crippen molar-refractivity contribution in [3.8, 4) is 22.5 Å². The van der Waals surface area contributed by atoms with Crippen molar-refractivity contribution in [1.29, 1.82) is 0 Å². The summed E-state index contributed by atoms with van der Waals surface area (Å²) in [7, 11) is -11.5. The van der Waals surface area contributed by atoms with Gasteiger partial charge in [0.05, 0.1) is 17.5 Å². The van der Waals surface area contributed by atoms with Gasteiger partial charge in [-0.1, -0.05) is 40.5 Å². The van der Waals surface area contributed by atoms with E-state index in [0.717, 1.165) is 15.6 Å². The maximum atomic E-state index is 13.3. The van der Waals surface area contributed by atoms with Crippen molar-refractivity contribution in [2.75, 3.05) is 43.0 Å². The molecule has 51 heavy (non-hydrogen) atoms. The molecule has 0 atom stereocenters. The fourth-order valence-electron chi connectivity index (χ4n) is 5.68. The number of nitrogens with one attached hydrogen (secondary N) is 2. The first-order valence-corrected chi connectivity index (χ1v) is 18.9. The standard InChI is InChI=1S/C35H35F3N4O7S2/c1-4-41(5-2)25-16-18-27-30(22-25)49-31-23-26(42(6-3)20-21-48-34(43)39-24-12-8-7-9-13-24)17-19-28(31)33(27)29-14-10-11-15-32(29)50(44,45)40-51(46,47)35(36,37)38/h7-19,22-23,40H,4-6,20-21H2,1-3H3/p+1. The molecule has 2 aliphatic rings. The number of para-hydroxylation sites is 1. The van der Waals surface area contributed by atoms with Crippen LogP contribution in [0, 0.1) is 0 Å². The third-order valence-electron chi connectivity index (χ3n) is 8.15. The van der Waals surface area contributed by atoms with Gasteiger partial charge < -0.3 is 14.1 Å². The number of halogens is 3. The number of carbonyl (C=O) groups excluding carboxylic acids is 1. The Labute approximate surface area is 293 Å². The number of alkyl halides is 3. The van der Waals surface area contributed by atoms with Crippen molar-refractivity contribution < 1.29 is 44.0 Å². The average molecular weight is 746 g/mol. The molecule has 0 bridgehead atoms. The minimum Gasteiger partial charge on any atom is -0.456 e. The predicted octanol–water partition coefficient (Wildman–Crippen LogP) is 6.22. The van der Waals surface area contributed by atoms with Crippen molar-refractivity contribution in [2.45, 2.75) is 31.2 Å². The number of anilines is 2. The molecule has 0 radical (unpaired) electrons. The lowest BCUT2D eigenvalue weighted by Crippen LogP contribution is -2.40. The van der Waals surface area contributed by atoms with Crippen LogP contribution in [0.4, 0.5) is 29.3 Å². The summed E-state index contributed by atoms with van der Waals surface area (Å²) >= 11 is 0. The maximum absolute atomic E-state index is 13.3.